The Morgan fingerprint density at radius 3 is 2.94 bits per heavy atom. The fraction of sp³-hybridized carbons (Fsp3) is 0.300. The number of alkyl halides is 2. The Morgan fingerprint density at radius 1 is 1.47 bits per heavy atom. The van der Waals surface area contributed by atoms with Crippen LogP contribution in [-0.4, -0.2) is 25.9 Å². The third kappa shape index (κ3) is 2.14. The van der Waals surface area contributed by atoms with E-state index >= 15 is 0 Å². The zero-order valence-electron chi connectivity index (χ0n) is 8.83. The molecule has 0 unspecified atom stereocenters. The Kier molecular flexibility index (Phi) is 2.84. The average Bonchev–Trinajstić information content (AvgIpc) is 2.27. The molecule has 1 aliphatic rings. The first kappa shape index (κ1) is 11.6. The van der Waals surface area contributed by atoms with Gasteiger partial charge in [-0.1, -0.05) is 6.07 Å². The standard InChI is InChI=1S/C10H9F2NO4/c1-15-5-16-6-3-2-4-7-8(6)13-9(14)10(11,12)17-7/h2-4H,5H2,1H3,(H,13,14). The lowest BCUT2D eigenvalue weighted by molar-refractivity contribution is -0.189. The number of ether oxygens (including phenoxy) is 3. The molecule has 0 saturated heterocycles. The molecule has 92 valence electrons. The third-order valence-electron chi connectivity index (χ3n) is 2.06. The van der Waals surface area contributed by atoms with E-state index in [4.69, 9.17) is 4.74 Å². The number of nitrogens with one attached hydrogen (secondary N) is 1. The molecule has 0 saturated carbocycles. The summed E-state index contributed by atoms with van der Waals surface area (Å²) in [5, 5.41) is 2.03. The molecule has 5 nitrogen and oxygen atoms in total. The van der Waals surface area contributed by atoms with Gasteiger partial charge >= 0.3 is 12.0 Å². The summed E-state index contributed by atoms with van der Waals surface area (Å²) < 4.78 is 40.0. The molecule has 1 aliphatic heterocycles. The van der Waals surface area contributed by atoms with E-state index in [9.17, 15) is 13.6 Å². The van der Waals surface area contributed by atoms with Crippen LogP contribution in [-0.2, 0) is 9.53 Å². The maximum absolute atomic E-state index is 13.0. The van der Waals surface area contributed by atoms with Crippen LogP contribution in [0.2, 0.25) is 0 Å². The Bertz CT molecular complexity index is 450. The van der Waals surface area contributed by atoms with Gasteiger partial charge in [0, 0.05) is 7.11 Å². The maximum Gasteiger partial charge on any atom is 0.482 e. The largest absolute Gasteiger partial charge is 0.482 e. The number of rotatable bonds is 3. The van der Waals surface area contributed by atoms with Crippen LogP contribution in [0.5, 0.6) is 11.5 Å². The predicted molar refractivity (Wildman–Crippen MR) is 53.2 cm³/mol. The van der Waals surface area contributed by atoms with Crippen molar-refractivity contribution >= 4 is 11.6 Å². The van der Waals surface area contributed by atoms with Crippen molar-refractivity contribution in [3.8, 4) is 11.5 Å². The number of fused-ring (bicyclic) bond motifs is 1. The first-order chi connectivity index (χ1) is 8.04. The topological polar surface area (TPSA) is 56.8 Å². The molecule has 0 atom stereocenters. The summed E-state index contributed by atoms with van der Waals surface area (Å²) in [7, 11) is 1.42. The lowest BCUT2D eigenvalue weighted by atomic mass is 10.2. The van der Waals surface area contributed by atoms with E-state index in [1.807, 2.05) is 5.32 Å². The Morgan fingerprint density at radius 2 is 2.24 bits per heavy atom. The highest BCUT2D eigenvalue weighted by atomic mass is 19.3. The molecule has 0 bridgehead atoms. The average molecular weight is 245 g/mol. The van der Waals surface area contributed by atoms with Crippen molar-refractivity contribution in [2.45, 2.75) is 6.11 Å². The number of para-hydroxylation sites is 1. The van der Waals surface area contributed by atoms with Crippen molar-refractivity contribution in [1.82, 2.24) is 0 Å². The second-order valence-electron chi connectivity index (χ2n) is 3.25. The molecule has 1 N–H and O–H groups in total. The molecule has 1 aromatic rings. The predicted octanol–water partition coefficient (Wildman–Crippen LogP) is 1.59. The lowest BCUT2D eigenvalue weighted by Gasteiger charge is -2.25. The lowest BCUT2D eigenvalue weighted by Crippen LogP contribution is -2.43. The van der Waals surface area contributed by atoms with Crippen LogP contribution in [0.25, 0.3) is 0 Å². The summed E-state index contributed by atoms with van der Waals surface area (Å²) in [4.78, 5) is 11.0. The third-order valence-corrected chi connectivity index (χ3v) is 2.06. The van der Waals surface area contributed by atoms with Gasteiger partial charge in [0.15, 0.2) is 12.5 Å². The molecular formula is C10H9F2NO4. The molecule has 1 heterocycles. The van der Waals surface area contributed by atoms with E-state index in [1.165, 1.54) is 25.3 Å². The summed E-state index contributed by atoms with van der Waals surface area (Å²) >= 11 is 0. The van der Waals surface area contributed by atoms with E-state index in [-0.39, 0.29) is 24.0 Å². The van der Waals surface area contributed by atoms with Crippen molar-refractivity contribution in [3.05, 3.63) is 18.2 Å². The number of methoxy groups -OCH3 is 1. The number of benzene rings is 1. The second-order valence-corrected chi connectivity index (χ2v) is 3.25. The summed E-state index contributed by atoms with van der Waals surface area (Å²) in [6, 6.07) is 4.28. The molecular weight excluding hydrogens is 236 g/mol. The molecule has 0 aromatic heterocycles. The summed E-state index contributed by atoms with van der Waals surface area (Å²) in [6.07, 6.45) is -3.87. The van der Waals surface area contributed by atoms with Crippen LogP contribution in [0.1, 0.15) is 0 Å². The number of carbonyl (C=O) groups is 1. The molecule has 0 radical (unpaired) electrons. The molecule has 0 spiro atoms. The van der Waals surface area contributed by atoms with Gasteiger partial charge in [0.05, 0.1) is 0 Å². The van der Waals surface area contributed by atoms with E-state index in [0.29, 0.717) is 0 Å². The van der Waals surface area contributed by atoms with Crippen molar-refractivity contribution in [3.63, 3.8) is 0 Å². The smallest absolute Gasteiger partial charge is 0.465 e. The van der Waals surface area contributed by atoms with Crippen LogP contribution in [0.4, 0.5) is 14.5 Å². The zero-order valence-corrected chi connectivity index (χ0v) is 8.83. The first-order valence-electron chi connectivity index (χ1n) is 4.67. The van der Waals surface area contributed by atoms with Gasteiger partial charge in [0.1, 0.15) is 11.4 Å². The molecule has 17 heavy (non-hydrogen) atoms. The van der Waals surface area contributed by atoms with Crippen LogP contribution in [0.15, 0.2) is 18.2 Å². The number of hydrogen-bond acceptors (Lipinski definition) is 4. The highest BCUT2D eigenvalue weighted by molar-refractivity contribution is 6.00. The maximum atomic E-state index is 13.0. The normalized spacial score (nSPS) is 16.8. The van der Waals surface area contributed by atoms with Crippen molar-refractivity contribution in [1.29, 1.82) is 0 Å². The monoisotopic (exact) mass is 245 g/mol. The minimum atomic E-state index is -3.87. The fourth-order valence-electron chi connectivity index (χ4n) is 1.33. The van der Waals surface area contributed by atoms with E-state index < -0.39 is 12.0 Å². The van der Waals surface area contributed by atoms with E-state index in [1.54, 1.807) is 0 Å². The van der Waals surface area contributed by atoms with Gasteiger partial charge < -0.3 is 19.5 Å². The van der Waals surface area contributed by atoms with Crippen LogP contribution in [0, 0.1) is 0 Å². The number of amides is 1. The van der Waals surface area contributed by atoms with Gasteiger partial charge in [-0.05, 0) is 12.1 Å². The summed E-state index contributed by atoms with van der Waals surface area (Å²) in [5.74, 6) is -1.48. The van der Waals surface area contributed by atoms with E-state index in [2.05, 4.69) is 9.47 Å². The quantitative estimate of drug-likeness (QED) is 0.821. The molecule has 2 rings (SSSR count). The van der Waals surface area contributed by atoms with Crippen molar-refractivity contribution in [2.75, 3.05) is 19.2 Å². The van der Waals surface area contributed by atoms with Crippen molar-refractivity contribution < 1.29 is 27.8 Å². The molecule has 0 aliphatic carbocycles. The molecule has 7 heteroatoms. The van der Waals surface area contributed by atoms with Crippen molar-refractivity contribution in [2.24, 2.45) is 0 Å². The summed E-state index contributed by atoms with van der Waals surface area (Å²) in [5.41, 5.74) is 0.0699. The number of carbonyl (C=O) groups excluding carboxylic acids is 1. The fourth-order valence-corrected chi connectivity index (χ4v) is 1.33. The highest BCUT2D eigenvalue weighted by Gasteiger charge is 2.47. The SMILES string of the molecule is COCOc1cccc2c1NC(=O)C(F)(F)O2. The van der Waals surface area contributed by atoms with Crippen LogP contribution in [0.3, 0.4) is 0 Å². The minimum absolute atomic E-state index is 0.0667. The minimum Gasteiger partial charge on any atom is -0.465 e. The zero-order chi connectivity index (χ0) is 12.5. The van der Waals surface area contributed by atoms with Crippen LogP contribution < -0.4 is 14.8 Å². The van der Waals surface area contributed by atoms with Gasteiger partial charge in [0.25, 0.3) is 0 Å². The van der Waals surface area contributed by atoms with Gasteiger partial charge in [-0.3, -0.25) is 4.79 Å². The Labute approximate surface area is 95.3 Å². The van der Waals surface area contributed by atoms with Gasteiger partial charge in [-0.2, -0.15) is 8.78 Å². The number of halogens is 2. The summed E-state index contributed by atoms with van der Waals surface area (Å²) in [6.45, 7) is -0.0667. The van der Waals surface area contributed by atoms with Gasteiger partial charge in [-0.15, -0.1) is 0 Å². The van der Waals surface area contributed by atoms with E-state index in [0.717, 1.165) is 0 Å². The molecule has 1 amide bonds. The van der Waals surface area contributed by atoms with Gasteiger partial charge in [0.2, 0.25) is 0 Å². The second kappa shape index (κ2) is 4.17. The highest BCUT2D eigenvalue weighted by Crippen LogP contribution is 2.41. The molecule has 1 aromatic carbocycles. The Hall–Kier alpha value is -1.89. The first-order valence-corrected chi connectivity index (χ1v) is 4.67. The Balaban J connectivity index is 2.33. The van der Waals surface area contributed by atoms with Crippen LogP contribution >= 0.6 is 0 Å². The number of hydrogen-bond donors (Lipinski definition) is 1. The van der Waals surface area contributed by atoms with Gasteiger partial charge in [-0.25, -0.2) is 0 Å². The molecule has 0 fully saturated rings. The number of anilines is 1.